The molecule has 0 aromatic carbocycles. The topological polar surface area (TPSA) is 69.7 Å². The van der Waals surface area contributed by atoms with Crippen molar-refractivity contribution in [3.05, 3.63) is 0 Å². The molecule has 0 bridgehead atoms. The number of hydrogen-bond acceptors (Lipinski definition) is 4. The minimum Gasteiger partial charge on any atom is -0.548 e. The Labute approximate surface area is 107 Å². The maximum Gasteiger partial charge on any atom is 0.411 e. The van der Waals surface area contributed by atoms with Gasteiger partial charge in [0.2, 0.25) is 0 Å². The molecule has 3 atom stereocenters. The Kier molecular flexibility index (Phi) is 3.25. The van der Waals surface area contributed by atoms with Gasteiger partial charge in [0.15, 0.2) is 0 Å². The van der Waals surface area contributed by atoms with Gasteiger partial charge < -0.3 is 14.6 Å². The predicted octanol–water partition coefficient (Wildman–Crippen LogP) is 0.914. The van der Waals surface area contributed by atoms with Crippen molar-refractivity contribution < 1.29 is 19.4 Å². The zero-order valence-electron chi connectivity index (χ0n) is 11.1. The summed E-state index contributed by atoms with van der Waals surface area (Å²) in [4.78, 5) is 24.7. The Balaban J connectivity index is 2.16. The van der Waals surface area contributed by atoms with Gasteiger partial charge in [-0.3, -0.25) is 4.90 Å². The maximum absolute atomic E-state index is 12.1. The molecule has 5 heteroatoms. The number of ether oxygens (including phenoxy) is 1. The fourth-order valence-corrected chi connectivity index (χ4v) is 3.08. The number of likely N-dealkylation sites (tertiary alicyclic amines) is 1. The van der Waals surface area contributed by atoms with Crippen LogP contribution in [-0.2, 0) is 9.53 Å². The number of carbonyl (C=O) groups is 2. The lowest BCUT2D eigenvalue weighted by Gasteiger charge is -2.32. The Bertz CT molecular complexity index is 360. The number of aliphatic carboxylic acids is 1. The molecule has 0 unspecified atom stereocenters. The Morgan fingerprint density at radius 2 is 1.94 bits per heavy atom. The summed E-state index contributed by atoms with van der Waals surface area (Å²) in [7, 11) is 0. The van der Waals surface area contributed by atoms with Gasteiger partial charge >= 0.3 is 6.09 Å². The summed E-state index contributed by atoms with van der Waals surface area (Å²) in [6, 6.07) is -0.808. The number of amides is 1. The first-order valence-electron chi connectivity index (χ1n) is 6.52. The standard InChI is InChI=1S/C13H21NO4/c1-13(2,3)18-12(17)14-9-6-4-5-8(9)7-10(14)11(15)16/h8-10H,4-7H2,1-3H3,(H,15,16)/p-1/t8-,9-,10-/m0/s1. The molecule has 1 aliphatic heterocycles. The molecule has 2 rings (SSSR count). The summed E-state index contributed by atoms with van der Waals surface area (Å²) in [5.41, 5.74) is -0.607. The van der Waals surface area contributed by atoms with E-state index < -0.39 is 23.7 Å². The van der Waals surface area contributed by atoms with Crippen LogP contribution in [-0.4, -0.2) is 34.6 Å². The zero-order chi connectivity index (χ0) is 13.5. The average Bonchev–Trinajstić information content (AvgIpc) is 2.70. The number of hydrogen-bond donors (Lipinski definition) is 0. The Morgan fingerprint density at radius 1 is 1.28 bits per heavy atom. The van der Waals surface area contributed by atoms with E-state index in [0.29, 0.717) is 12.3 Å². The molecule has 0 aromatic rings. The molecule has 18 heavy (non-hydrogen) atoms. The van der Waals surface area contributed by atoms with E-state index >= 15 is 0 Å². The molecule has 0 radical (unpaired) electrons. The lowest BCUT2D eigenvalue weighted by atomic mass is 10.0. The van der Waals surface area contributed by atoms with Crippen molar-refractivity contribution in [1.82, 2.24) is 4.90 Å². The van der Waals surface area contributed by atoms with Crippen molar-refractivity contribution >= 4 is 12.1 Å². The Morgan fingerprint density at radius 3 is 2.50 bits per heavy atom. The normalized spacial score (nSPS) is 31.3. The first-order chi connectivity index (χ1) is 8.29. The predicted molar refractivity (Wildman–Crippen MR) is 62.6 cm³/mol. The molecule has 1 amide bonds. The molecule has 0 N–H and O–H groups in total. The van der Waals surface area contributed by atoms with Gasteiger partial charge in [-0.15, -0.1) is 0 Å². The largest absolute Gasteiger partial charge is 0.548 e. The average molecular weight is 254 g/mol. The molecule has 0 aromatic heterocycles. The van der Waals surface area contributed by atoms with Crippen LogP contribution >= 0.6 is 0 Å². The quantitative estimate of drug-likeness (QED) is 0.697. The SMILES string of the molecule is CC(C)(C)OC(=O)N1[C@H](C(=O)[O-])C[C@@H]2CCC[C@@H]21. The van der Waals surface area contributed by atoms with E-state index in [2.05, 4.69) is 0 Å². The third kappa shape index (κ3) is 2.44. The van der Waals surface area contributed by atoms with E-state index in [1.807, 2.05) is 0 Å². The summed E-state index contributed by atoms with van der Waals surface area (Å²) in [6.45, 7) is 5.34. The molecule has 2 fully saturated rings. The summed E-state index contributed by atoms with van der Waals surface area (Å²) in [5, 5.41) is 11.2. The number of fused-ring (bicyclic) bond motifs is 1. The van der Waals surface area contributed by atoms with Crippen molar-refractivity contribution in [1.29, 1.82) is 0 Å². The number of carboxylic acid groups (broad SMARTS) is 1. The van der Waals surface area contributed by atoms with Crippen molar-refractivity contribution in [3.8, 4) is 0 Å². The maximum atomic E-state index is 12.1. The first-order valence-corrected chi connectivity index (χ1v) is 6.52. The highest BCUT2D eigenvalue weighted by molar-refractivity contribution is 5.80. The van der Waals surface area contributed by atoms with Gasteiger partial charge in [0.05, 0.1) is 12.0 Å². The van der Waals surface area contributed by atoms with E-state index in [-0.39, 0.29) is 6.04 Å². The third-order valence-corrected chi connectivity index (χ3v) is 3.71. The van der Waals surface area contributed by atoms with Gasteiger partial charge in [-0.2, -0.15) is 0 Å². The third-order valence-electron chi connectivity index (χ3n) is 3.71. The van der Waals surface area contributed by atoms with Crippen LogP contribution in [0.15, 0.2) is 0 Å². The molecule has 1 saturated carbocycles. The molecule has 5 nitrogen and oxygen atoms in total. The van der Waals surface area contributed by atoms with Crippen molar-refractivity contribution in [3.63, 3.8) is 0 Å². The molecule has 1 heterocycles. The number of carboxylic acids is 1. The van der Waals surface area contributed by atoms with Crippen LogP contribution in [0.1, 0.15) is 46.5 Å². The molecule has 1 saturated heterocycles. The molecule has 1 aliphatic carbocycles. The van der Waals surface area contributed by atoms with Crippen LogP contribution in [0.4, 0.5) is 4.79 Å². The monoisotopic (exact) mass is 254 g/mol. The van der Waals surface area contributed by atoms with Crippen LogP contribution in [0.5, 0.6) is 0 Å². The highest BCUT2D eigenvalue weighted by atomic mass is 16.6. The van der Waals surface area contributed by atoms with Crippen molar-refractivity contribution in [2.75, 3.05) is 0 Å². The van der Waals surface area contributed by atoms with Crippen molar-refractivity contribution in [2.24, 2.45) is 5.92 Å². The fourth-order valence-electron chi connectivity index (χ4n) is 3.08. The minimum absolute atomic E-state index is 0.0164. The summed E-state index contributed by atoms with van der Waals surface area (Å²) in [5.74, 6) is -0.879. The van der Waals surface area contributed by atoms with Gasteiger partial charge in [0.1, 0.15) is 5.60 Å². The zero-order valence-corrected chi connectivity index (χ0v) is 11.1. The van der Waals surface area contributed by atoms with E-state index in [1.54, 1.807) is 20.8 Å². The van der Waals surface area contributed by atoms with E-state index in [1.165, 1.54) is 4.90 Å². The van der Waals surface area contributed by atoms with Gasteiger partial charge in [-0.1, -0.05) is 6.42 Å². The lowest BCUT2D eigenvalue weighted by Crippen LogP contribution is -2.51. The van der Waals surface area contributed by atoms with E-state index in [4.69, 9.17) is 4.74 Å². The summed E-state index contributed by atoms with van der Waals surface area (Å²) < 4.78 is 5.31. The molecule has 102 valence electrons. The highest BCUT2D eigenvalue weighted by Gasteiger charge is 2.47. The van der Waals surface area contributed by atoms with Crippen LogP contribution in [0.3, 0.4) is 0 Å². The number of nitrogens with zero attached hydrogens (tertiary/aromatic N) is 1. The molecule has 2 aliphatic rings. The van der Waals surface area contributed by atoms with Gasteiger partial charge in [0, 0.05) is 6.04 Å². The molecule has 0 spiro atoms. The van der Waals surface area contributed by atoms with Gasteiger partial charge in [-0.05, 0) is 46.0 Å². The van der Waals surface area contributed by atoms with Crippen LogP contribution < -0.4 is 5.11 Å². The second-order valence-electron chi connectivity index (χ2n) is 6.22. The molecular formula is C13H20NO4-. The lowest BCUT2D eigenvalue weighted by molar-refractivity contribution is -0.310. The van der Waals surface area contributed by atoms with E-state index in [9.17, 15) is 14.7 Å². The van der Waals surface area contributed by atoms with Gasteiger partial charge in [-0.25, -0.2) is 4.79 Å². The van der Waals surface area contributed by atoms with E-state index in [0.717, 1.165) is 19.3 Å². The summed E-state index contributed by atoms with van der Waals surface area (Å²) in [6.07, 6.45) is 2.90. The Hall–Kier alpha value is -1.26. The number of rotatable bonds is 1. The highest BCUT2D eigenvalue weighted by Crippen LogP contribution is 2.41. The van der Waals surface area contributed by atoms with Gasteiger partial charge in [0.25, 0.3) is 0 Å². The van der Waals surface area contributed by atoms with Crippen LogP contribution in [0.25, 0.3) is 0 Å². The minimum atomic E-state index is -1.17. The van der Waals surface area contributed by atoms with Crippen LogP contribution in [0, 0.1) is 5.92 Å². The first kappa shape index (κ1) is 13.2. The second kappa shape index (κ2) is 4.44. The summed E-state index contributed by atoms with van der Waals surface area (Å²) >= 11 is 0. The smallest absolute Gasteiger partial charge is 0.411 e. The van der Waals surface area contributed by atoms with Crippen LogP contribution in [0.2, 0.25) is 0 Å². The fraction of sp³-hybridized carbons (Fsp3) is 0.846. The molecular weight excluding hydrogens is 234 g/mol. The van der Waals surface area contributed by atoms with Crippen molar-refractivity contribution in [2.45, 2.75) is 64.1 Å². The second-order valence-corrected chi connectivity index (χ2v) is 6.22. The number of carbonyl (C=O) groups excluding carboxylic acids is 2.